The minimum absolute atomic E-state index is 0.0503. The van der Waals surface area contributed by atoms with Crippen molar-refractivity contribution in [1.82, 2.24) is 10.3 Å². The smallest absolute Gasteiger partial charge is 0.218 e. The van der Waals surface area contributed by atoms with Crippen molar-refractivity contribution in [3.8, 4) is 5.88 Å². The molecule has 0 amide bonds. The highest BCUT2D eigenvalue weighted by Crippen LogP contribution is 2.25. The highest BCUT2D eigenvalue weighted by atomic mass is 19.1. The van der Waals surface area contributed by atoms with Crippen LogP contribution in [0.25, 0.3) is 10.9 Å². The second kappa shape index (κ2) is 8.45. The summed E-state index contributed by atoms with van der Waals surface area (Å²) in [5, 5.41) is 4.52. The first kappa shape index (κ1) is 19.2. The highest BCUT2D eigenvalue weighted by molar-refractivity contribution is 5.80. The van der Waals surface area contributed by atoms with E-state index in [9.17, 15) is 4.39 Å². The van der Waals surface area contributed by atoms with Crippen molar-refractivity contribution < 1.29 is 13.5 Å². The van der Waals surface area contributed by atoms with E-state index in [-0.39, 0.29) is 18.5 Å². The van der Waals surface area contributed by atoms with Gasteiger partial charge >= 0.3 is 0 Å². The molecule has 2 heterocycles. The zero-order chi connectivity index (χ0) is 20.2. The normalized spacial score (nSPS) is 12.2. The molecule has 2 aromatic carbocycles. The summed E-state index contributed by atoms with van der Waals surface area (Å²) in [5.74, 6) is 1.14. The molecule has 0 spiro atoms. The number of rotatable bonds is 7. The van der Waals surface area contributed by atoms with Gasteiger partial charge < -0.3 is 14.5 Å². The van der Waals surface area contributed by atoms with Crippen LogP contribution in [0.1, 0.15) is 35.4 Å². The predicted octanol–water partition coefficient (Wildman–Crippen LogP) is 5.71. The number of aryl methyl sites for hydroxylation is 1. The average molecular weight is 390 g/mol. The SMILES string of the molecule is Cc1ccc2nc(OCc3cccc(F)c3)c(CNC(C)c3ccco3)cc2c1. The zero-order valence-corrected chi connectivity index (χ0v) is 16.5. The van der Waals surface area contributed by atoms with Gasteiger partial charge in [-0.3, -0.25) is 0 Å². The first-order valence-corrected chi connectivity index (χ1v) is 9.63. The Labute approximate surface area is 169 Å². The Morgan fingerprint density at radius 2 is 2.00 bits per heavy atom. The van der Waals surface area contributed by atoms with E-state index in [1.54, 1.807) is 12.3 Å². The summed E-state index contributed by atoms with van der Waals surface area (Å²) in [4.78, 5) is 4.72. The molecule has 5 heteroatoms. The number of halogens is 1. The van der Waals surface area contributed by atoms with Gasteiger partial charge in [0.2, 0.25) is 5.88 Å². The number of fused-ring (bicyclic) bond motifs is 1. The summed E-state index contributed by atoms with van der Waals surface area (Å²) in [5.41, 5.74) is 3.75. The van der Waals surface area contributed by atoms with E-state index in [1.165, 1.54) is 17.7 Å². The minimum Gasteiger partial charge on any atom is -0.473 e. The average Bonchev–Trinajstić information content (AvgIpc) is 3.25. The number of ether oxygens (including phenoxy) is 1. The third kappa shape index (κ3) is 4.63. The number of benzene rings is 2. The van der Waals surface area contributed by atoms with Crippen LogP contribution in [0.5, 0.6) is 5.88 Å². The molecule has 4 nitrogen and oxygen atoms in total. The zero-order valence-electron chi connectivity index (χ0n) is 16.5. The summed E-state index contributed by atoms with van der Waals surface area (Å²) in [6.07, 6.45) is 1.67. The molecule has 4 rings (SSSR count). The molecule has 0 saturated heterocycles. The molecule has 0 aliphatic heterocycles. The van der Waals surface area contributed by atoms with Crippen LogP contribution in [0.4, 0.5) is 4.39 Å². The van der Waals surface area contributed by atoms with Gasteiger partial charge in [0, 0.05) is 17.5 Å². The van der Waals surface area contributed by atoms with Crippen LogP contribution >= 0.6 is 0 Å². The minimum atomic E-state index is -0.276. The van der Waals surface area contributed by atoms with Crippen LogP contribution in [0.15, 0.2) is 71.3 Å². The summed E-state index contributed by atoms with van der Waals surface area (Å²) in [6, 6.07) is 18.5. The van der Waals surface area contributed by atoms with Gasteiger partial charge in [0.25, 0.3) is 0 Å². The number of nitrogens with one attached hydrogen (secondary N) is 1. The number of hydrogen-bond acceptors (Lipinski definition) is 4. The van der Waals surface area contributed by atoms with Crippen molar-refractivity contribution in [2.45, 2.75) is 33.0 Å². The lowest BCUT2D eigenvalue weighted by molar-refractivity contribution is 0.289. The van der Waals surface area contributed by atoms with E-state index < -0.39 is 0 Å². The third-order valence-electron chi connectivity index (χ3n) is 4.84. The van der Waals surface area contributed by atoms with Crippen molar-refractivity contribution in [3.05, 3.63) is 95.2 Å². The fourth-order valence-corrected chi connectivity index (χ4v) is 3.25. The Balaban J connectivity index is 1.59. The maximum atomic E-state index is 13.5. The highest BCUT2D eigenvalue weighted by Gasteiger charge is 2.13. The van der Waals surface area contributed by atoms with Gasteiger partial charge in [0.15, 0.2) is 0 Å². The van der Waals surface area contributed by atoms with Crippen molar-refractivity contribution >= 4 is 10.9 Å². The van der Waals surface area contributed by atoms with Crippen LogP contribution in [0, 0.1) is 12.7 Å². The number of nitrogens with zero attached hydrogens (tertiary/aromatic N) is 1. The fraction of sp³-hybridized carbons (Fsp3) is 0.208. The Morgan fingerprint density at radius 3 is 2.79 bits per heavy atom. The molecule has 1 unspecified atom stereocenters. The molecule has 0 bridgehead atoms. The van der Waals surface area contributed by atoms with E-state index in [4.69, 9.17) is 14.1 Å². The van der Waals surface area contributed by atoms with E-state index in [0.717, 1.165) is 27.8 Å². The molecule has 29 heavy (non-hydrogen) atoms. The summed E-state index contributed by atoms with van der Waals surface area (Å²) in [7, 11) is 0. The molecule has 0 aliphatic carbocycles. The maximum absolute atomic E-state index is 13.5. The molecular formula is C24H23FN2O2. The van der Waals surface area contributed by atoms with Crippen molar-refractivity contribution in [3.63, 3.8) is 0 Å². The molecule has 0 aliphatic rings. The van der Waals surface area contributed by atoms with Crippen molar-refractivity contribution in [2.75, 3.05) is 0 Å². The van der Waals surface area contributed by atoms with E-state index >= 15 is 0 Å². The standard InChI is InChI=1S/C24H23FN2O2/c1-16-8-9-22-19(11-16)13-20(14-26-17(2)23-7-4-10-28-23)24(27-22)29-15-18-5-3-6-21(25)12-18/h3-13,17,26H,14-15H2,1-2H3. The van der Waals surface area contributed by atoms with Crippen molar-refractivity contribution in [1.29, 1.82) is 0 Å². The van der Waals surface area contributed by atoms with E-state index in [0.29, 0.717) is 12.4 Å². The van der Waals surface area contributed by atoms with Crippen molar-refractivity contribution in [2.24, 2.45) is 0 Å². The van der Waals surface area contributed by atoms with Gasteiger partial charge in [0.05, 0.1) is 17.8 Å². The Morgan fingerprint density at radius 1 is 1.10 bits per heavy atom. The summed E-state index contributed by atoms with van der Waals surface area (Å²) in [6.45, 7) is 4.93. The summed E-state index contributed by atoms with van der Waals surface area (Å²) < 4.78 is 24.9. The fourth-order valence-electron chi connectivity index (χ4n) is 3.25. The van der Waals surface area contributed by atoms with Gasteiger partial charge in [-0.05, 0) is 61.9 Å². The van der Waals surface area contributed by atoms with Crippen LogP contribution in [-0.4, -0.2) is 4.98 Å². The lowest BCUT2D eigenvalue weighted by Crippen LogP contribution is -2.18. The monoisotopic (exact) mass is 390 g/mol. The molecule has 0 saturated carbocycles. The lowest BCUT2D eigenvalue weighted by Gasteiger charge is -2.15. The molecule has 148 valence electrons. The van der Waals surface area contributed by atoms with E-state index in [1.807, 2.05) is 37.3 Å². The van der Waals surface area contributed by atoms with Gasteiger partial charge in [-0.2, -0.15) is 0 Å². The molecule has 1 N–H and O–H groups in total. The molecule has 0 fully saturated rings. The van der Waals surface area contributed by atoms with Crippen LogP contribution < -0.4 is 10.1 Å². The number of furan rings is 1. The number of aromatic nitrogens is 1. The lowest BCUT2D eigenvalue weighted by atomic mass is 10.1. The van der Waals surface area contributed by atoms with Gasteiger partial charge in [0.1, 0.15) is 18.2 Å². The molecular weight excluding hydrogens is 367 g/mol. The van der Waals surface area contributed by atoms with Crippen LogP contribution in [0.2, 0.25) is 0 Å². The molecule has 2 aromatic heterocycles. The Bertz CT molecular complexity index is 1110. The van der Waals surface area contributed by atoms with Gasteiger partial charge in [-0.25, -0.2) is 9.37 Å². The quantitative estimate of drug-likeness (QED) is 0.439. The van der Waals surface area contributed by atoms with Gasteiger partial charge in [-0.1, -0.05) is 23.8 Å². The predicted molar refractivity (Wildman–Crippen MR) is 111 cm³/mol. The first-order chi connectivity index (χ1) is 14.1. The largest absolute Gasteiger partial charge is 0.473 e. The number of pyridine rings is 1. The van der Waals surface area contributed by atoms with Crippen LogP contribution in [0.3, 0.4) is 0 Å². The van der Waals surface area contributed by atoms with Gasteiger partial charge in [-0.15, -0.1) is 0 Å². The number of hydrogen-bond donors (Lipinski definition) is 1. The van der Waals surface area contributed by atoms with Crippen LogP contribution in [-0.2, 0) is 13.2 Å². The second-order valence-corrected chi connectivity index (χ2v) is 7.19. The Hall–Kier alpha value is -3.18. The molecule has 4 aromatic rings. The first-order valence-electron chi connectivity index (χ1n) is 9.63. The molecule has 1 atom stereocenters. The van der Waals surface area contributed by atoms with E-state index in [2.05, 4.69) is 24.4 Å². The Kier molecular flexibility index (Phi) is 5.58. The molecule has 0 radical (unpaired) electrons. The second-order valence-electron chi connectivity index (χ2n) is 7.19. The summed E-state index contributed by atoms with van der Waals surface area (Å²) >= 11 is 0. The maximum Gasteiger partial charge on any atom is 0.218 e. The third-order valence-corrected chi connectivity index (χ3v) is 4.84. The topological polar surface area (TPSA) is 47.3 Å².